The van der Waals surface area contributed by atoms with E-state index in [1.807, 2.05) is 12.3 Å². The number of benzene rings is 2. The molecule has 1 heterocycles. The Kier molecular flexibility index (Phi) is 5.43. The molecule has 0 spiro atoms. The molecule has 1 aliphatic rings. The zero-order valence-electron chi connectivity index (χ0n) is 14.8. The van der Waals surface area contributed by atoms with E-state index in [2.05, 4.69) is 4.72 Å². The third-order valence-corrected chi connectivity index (χ3v) is 6.18. The van der Waals surface area contributed by atoms with Gasteiger partial charge in [-0.15, -0.1) is 11.8 Å². The summed E-state index contributed by atoms with van der Waals surface area (Å²) in [4.78, 5) is 25.9. The Balaban J connectivity index is 1.99. The second-order valence-corrected chi connectivity index (χ2v) is 8.36. The van der Waals surface area contributed by atoms with Crippen LogP contribution in [0.15, 0.2) is 52.3 Å². The van der Waals surface area contributed by atoms with Crippen molar-refractivity contribution in [3.05, 3.63) is 42.5 Å². The quantitative estimate of drug-likeness (QED) is 0.586. The molecule has 0 aromatic heterocycles. The molecule has 3 rings (SSSR count). The van der Waals surface area contributed by atoms with Gasteiger partial charge in [0.25, 0.3) is 10.0 Å². The largest absolute Gasteiger partial charge is 0.495 e. The zero-order valence-corrected chi connectivity index (χ0v) is 16.4. The lowest BCUT2D eigenvalue weighted by Gasteiger charge is -2.18. The van der Waals surface area contributed by atoms with E-state index in [4.69, 9.17) is 4.74 Å². The van der Waals surface area contributed by atoms with Gasteiger partial charge in [0.2, 0.25) is 11.8 Å². The summed E-state index contributed by atoms with van der Waals surface area (Å²) < 4.78 is 33.3. The van der Waals surface area contributed by atoms with Crippen molar-refractivity contribution >= 4 is 45.0 Å². The first-order chi connectivity index (χ1) is 12.9. The zero-order chi connectivity index (χ0) is 19.6. The number of anilines is 2. The van der Waals surface area contributed by atoms with E-state index in [0.29, 0.717) is 5.69 Å². The Morgan fingerprint density at radius 1 is 1.07 bits per heavy atom. The topological polar surface area (TPSA) is 92.8 Å². The standard InChI is InChI=1S/C18H18N2O5S2/c1-25-16-7-6-14(11-15(16)20-17(21)8-9-18(20)22)27(23,24)19-12-4-3-5-13(10-12)26-2/h3-7,10-11,19H,8-9H2,1-2H3. The van der Waals surface area contributed by atoms with Crippen molar-refractivity contribution in [1.29, 1.82) is 0 Å². The van der Waals surface area contributed by atoms with Crippen LogP contribution in [0.2, 0.25) is 0 Å². The van der Waals surface area contributed by atoms with E-state index >= 15 is 0 Å². The number of carbonyl (C=O) groups is 2. The molecule has 0 aliphatic carbocycles. The molecule has 1 N–H and O–H groups in total. The number of nitrogens with one attached hydrogen (secondary N) is 1. The molecule has 0 unspecified atom stereocenters. The molecule has 0 atom stereocenters. The van der Waals surface area contributed by atoms with Gasteiger partial charge in [-0.2, -0.15) is 0 Å². The number of hydrogen-bond donors (Lipinski definition) is 1. The first-order valence-electron chi connectivity index (χ1n) is 8.06. The van der Waals surface area contributed by atoms with Gasteiger partial charge in [-0.1, -0.05) is 6.07 Å². The van der Waals surface area contributed by atoms with Gasteiger partial charge < -0.3 is 4.74 Å². The number of hydrogen-bond acceptors (Lipinski definition) is 6. The number of methoxy groups -OCH3 is 1. The van der Waals surface area contributed by atoms with Crippen LogP contribution in [0.25, 0.3) is 0 Å². The summed E-state index contributed by atoms with van der Waals surface area (Å²) in [7, 11) is -2.52. The molecule has 0 radical (unpaired) electrons. The fourth-order valence-electron chi connectivity index (χ4n) is 2.76. The lowest BCUT2D eigenvalue weighted by Crippen LogP contribution is -2.29. The fraction of sp³-hybridized carbons (Fsp3) is 0.222. The summed E-state index contributed by atoms with van der Waals surface area (Å²) in [6, 6.07) is 11.1. The van der Waals surface area contributed by atoms with Crippen molar-refractivity contribution in [3.63, 3.8) is 0 Å². The predicted octanol–water partition coefficient (Wildman–Crippen LogP) is 2.87. The average molecular weight is 406 g/mol. The van der Waals surface area contributed by atoms with Crippen molar-refractivity contribution < 1.29 is 22.7 Å². The summed E-state index contributed by atoms with van der Waals surface area (Å²) in [5.74, 6) is -0.510. The maximum atomic E-state index is 12.8. The van der Waals surface area contributed by atoms with Crippen LogP contribution in [-0.2, 0) is 19.6 Å². The number of thioether (sulfide) groups is 1. The first kappa shape index (κ1) is 19.2. The number of imide groups is 1. The average Bonchev–Trinajstić information content (AvgIpc) is 2.99. The molecular weight excluding hydrogens is 388 g/mol. The molecule has 0 bridgehead atoms. The van der Waals surface area contributed by atoms with Crippen LogP contribution in [-0.4, -0.2) is 33.6 Å². The molecular formula is C18H18N2O5S2. The van der Waals surface area contributed by atoms with Gasteiger partial charge in [-0.25, -0.2) is 13.3 Å². The monoisotopic (exact) mass is 406 g/mol. The van der Waals surface area contributed by atoms with Gasteiger partial charge in [0.15, 0.2) is 0 Å². The number of ether oxygens (including phenoxy) is 1. The summed E-state index contributed by atoms with van der Waals surface area (Å²) in [6.45, 7) is 0. The molecule has 2 aromatic carbocycles. The van der Waals surface area contributed by atoms with Gasteiger partial charge in [0.1, 0.15) is 5.75 Å². The Labute approximate surface area is 161 Å². The van der Waals surface area contributed by atoms with Crippen LogP contribution in [0.4, 0.5) is 11.4 Å². The third-order valence-electron chi connectivity index (χ3n) is 4.08. The Bertz CT molecular complexity index is 989. The highest BCUT2D eigenvalue weighted by molar-refractivity contribution is 7.98. The van der Waals surface area contributed by atoms with Crippen LogP contribution in [0.5, 0.6) is 5.75 Å². The molecule has 27 heavy (non-hydrogen) atoms. The van der Waals surface area contributed by atoms with Crippen molar-refractivity contribution in [2.45, 2.75) is 22.6 Å². The van der Waals surface area contributed by atoms with Crippen LogP contribution in [0.3, 0.4) is 0 Å². The maximum absolute atomic E-state index is 12.8. The van der Waals surface area contributed by atoms with E-state index < -0.39 is 10.0 Å². The van der Waals surface area contributed by atoms with Gasteiger partial charge in [0.05, 0.1) is 17.7 Å². The van der Waals surface area contributed by atoms with E-state index in [0.717, 1.165) is 9.80 Å². The molecule has 7 nitrogen and oxygen atoms in total. The first-order valence-corrected chi connectivity index (χ1v) is 10.8. The SMILES string of the molecule is COc1ccc(S(=O)(=O)Nc2cccc(SC)c2)cc1N1C(=O)CCC1=O. The highest BCUT2D eigenvalue weighted by atomic mass is 32.2. The molecule has 1 fully saturated rings. The molecule has 2 amide bonds. The molecule has 2 aromatic rings. The van der Waals surface area contributed by atoms with Crippen molar-refractivity contribution in [3.8, 4) is 5.75 Å². The highest BCUT2D eigenvalue weighted by Crippen LogP contribution is 2.34. The molecule has 9 heteroatoms. The van der Waals surface area contributed by atoms with Gasteiger partial charge in [0, 0.05) is 23.4 Å². The van der Waals surface area contributed by atoms with Gasteiger partial charge in [-0.05, 0) is 42.7 Å². The second kappa shape index (κ2) is 7.61. The van der Waals surface area contributed by atoms with Crippen LogP contribution in [0, 0.1) is 0 Å². The minimum Gasteiger partial charge on any atom is -0.495 e. The summed E-state index contributed by atoms with van der Waals surface area (Å²) in [5.41, 5.74) is 0.554. The number of sulfonamides is 1. The van der Waals surface area contributed by atoms with Crippen LogP contribution in [0.1, 0.15) is 12.8 Å². The molecule has 1 saturated heterocycles. The maximum Gasteiger partial charge on any atom is 0.261 e. The molecule has 0 saturated carbocycles. The van der Waals surface area contributed by atoms with E-state index in [1.54, 1.807) is 18.2 Å². The van der Waals surface area contributed by atoms with Gasteiger partial charge in [-0.3, -0.25) is 14.3 Å². The van der Waals surface area contributed by atoms with E-state index in [1.165, 1.54) is 37.1 Å². The second-order valence-electron chi connectivity index (χ2n) is 5.79. The highest BCUT2D eigenvalue weighted by Gasteiger charge is 2.33. The lowest BCUT2D eigenvalue weighted by molar-refractivity contribution is -0.121. The lowest BCUT2D eigenvalue weighted by atomic mass is 10.2. The summed E-state index contributed by atoms with van der Waals surface area (Å²) in [5, 5.41) is 0. The number of amides is 2. The normalized spacial score (nSPS) is 14.5. The number of carbonyl (C=O) groups excluding carboxylic acids is 2. The smallest absolute Gasteiger partial charge is 0.261 e. The van der Waals surface area contributed by atoms with Crippen LogP contribution < -0.4 is 14.4 Å². The molecule has 142 valence electrons. The van der Waals surface area contributed by atoms with E-state index in [9.17, 15) is 18.0 Å². The third kappa shape index (κ3) is 3.93. The summed E-state index contributed by atoms with van der Waals surface area (Å²) >= 11 is 1.50. The van der Waals surface area contributed by atoms with E-state index in [-0.39, 0.29) is 41.0 Å². The minimum atomic E-state index is -3.91. The van der Waals surface area contributed by atoms with Crippen LogP contribution >= 0.6 is 11.8 Å². The number of rotatable bonds is 6. The van der Waals surface area contributed by atoms with Gasteiger partial charge >= 0.3 is 0 Å². The van der Waals surface area contributed by atoms with Crippen molar-refractivity contribution in [2.24, 2.45) is 0 Å². The fourth-order valence-corrected chi connectivity index (χ4v) is 4.29. The van der Waals surface area contributed by atoms with Crippen molar-refractivity contribution in [1.82, 2.24) is 0 Å². The molecule has 1 aliphatic heterocycles. The predicted molar refractivity (Wildman–Crippen MR) is 104 cm³/mol. The Morgan fingerprint density at radius 3 is 2.41 bits per heavy atom. The Morgan fingerprint density at radius 2 is 1.78 bits per heavy atom. The Hall–Kier alpha value is -2.52. The summed E-state index contributed by atoms with van der Waals surface area (Å²) in [6.07, 6.45) is 2.09. The number of nitrogens with zero attached hydrogens (tertiary/aromatic N) is 1. The van der Waals surface area contributed by atoms with Crippen molar-refractivity contribution in [2.75, 3.05) is 23.0 Å². The minimum absolute atomic E-state index is 0.0691.